The van der Waals surface area contributed by atoms with E-state index in [0.717, 1.165) is 16.8 Å². The van der Waals surface area contributed by atoms with Crippen molar-refractivity contribution >= 4 is 28.3 Å². The highest BCUT2D eigenvalue weighted by Gasteiger charge is 2.12. The Morgan fingerprint density at radius 2 is 1.89 bits per heavy atom. The Hall–Kier alpha value is -3.41. The number of benzene rings is 1. The number of aryl methyl sites for hydroxylation is 3. The molecular weight excluding hydrogens is 340 g/mol. The fourth-order valence-corrected chi connectivity index (χ4v) is 3.25. The van der Waals surface area contributed by atoms with Crippen molar-refractivity contribution in [3.05, 3.63) is 76.3 Å². The van der Waals surface area contributed by atoms with E-state index >= 15 is 0 Å². The van der Waals surface area contributed by atoms with Crippen molar-refractivity contribution in [2.45, 2.75) is 26.8 Å². The number of amides is 1. The number of rotatable bonds is 4. The molecule has 0 saturated heterocycles. The van der Waals surface area contributed by atoms with Gasteiger partial charge in [0.05, 0.1) is 5.52 Å². The summed E-state index contributed by atoms with van der Waals surface area (Å²) in [5, 5.41) is 2.90. The molecule has 0 fully saturated rings. The fraction of sp³-hybridized carbons (Fsp3) is 0.190. The molecule has 1 amide bonds. The molecule has 0 atom stereocenters. The first-order valence-corrected chi connectivity index (χ1v) is 8.86. The molecule has 1 N–H and O–H groups in total. The molecule has 6 heteroatoms. The van der Waals surface area contributed by atoms with Gasteiger partial charge in [0, 0.05) is 31.0 Å². The molecule has 4 aromatic rings. The van der Waals surface area contributed by atoms with Gasteiger partial charge in [0.2, 0.25) is 5.91 Å². The number of anilines is 1. The molecular formula is C21H20N4O2. The van der Waals surface area contributed by atoms with E-state index in [9.17, 15) is 9.59 Å². The summed E-state index contributed by atoms with van der Waals surface area (Å²) in [5.74, 6) is -0.135. The third-order valence-electron chi connectivity index (χ3n) is 4.85. The Bertz CT molecular complexity index is 1220. The minimum atomic E-state index is -0.148. The second kappa shape index (κ2) is 6.72. The molecule has 1 aromatic carbocycles. The molecule has 136 valence electrons. The van der Waals surface area contributed by atoms with Crippen LogP contribution in [0.4, 0.5) is 5.69 Å². The highest BCUT2D eigenvalue weighted by Crippen LogP contribution is 2.15. The minimum absolute atomic E-state index is 0.135. The lowest BCUT2D eigenvalue weighted by molar-refractivity contribution is -0.116. The van der Waals surface area contributed by atoms with Crippen molar-refractivity contribution in [2.75, 3.05) is 5.32 Å². The molecule has 27 heavy (non-hydrogen) atoms. The zero-order valence-corrected chi connectivity index (χ0v) is 15.3. The summed E-state index contributed by atoms with van der Waals surface area (Å²) in [5.41, 5.74) is 4.91. The summed E-state index contributed by atoms with van der Waals surface area (Å²) >= 11 is 0. The summed E-state index contributed by atoms with van der Waals surface area (Å²) in [6, 6.07) is 13.2. The van der Waals surface area contributed by atoms with Gasteiger partial charge in [0.1, 0.15) is 5.52 Å². The largest absolute Gasteiger partial charge is 0.326 e. The summed E-state index contributed by atoms with van der Waals surface area (Å²) < 4.78 is 3.40. The Labute approximate surface area is 156 Å². The van der Waals surface area contributed by atoms with Crippen molar-refractivity contribution in [3.8, 4) is 0 Å². The van der Waals surface area contributed by atoms with E-state index in [1.165, 1.54) is 5.56 Å². The lowest BCUT2D eigenvalue weighted by Crippen LogP contribution is -2.25. The van der Waals surface area contributed by atoms with E-state index in [0.29, 0.717) is 11.2 Å². The van der Waals surface area contributed by atoms with Gasteiger partial charge in [0.15, 0.2) is 5.65 Å². The van der Waals surface area contributed by atoms with Gasteiger partial charge in [-0.1, -0.05) is 6.07 Å². The summed E-state index contributed by atoms with van der Waals surface area (Å²) in [6.45, 7) is 4.31. The number of pyridine rings is 1. The third-order valence-corrected chi connectivity index (χ3v) is 4.85. The van der Waals surface area contributed by atoms with E-state index in [1.807, 2.05) is 60.8 Å². The molecule has 6 nitrogen and oxygen atoms in total. The molecule has 0 bridgehead atoms. The molecule has 0 aliphatic heterocycles. The van der Waals surface area contributed by atoms with Gasteiger partial charge >= 0.3 is 0 Å². The second-order valence-corrected chi connectivity index (χ2v) is 6.66. The number of nitrogens with zero attached hydrogens (tertiary/aromatic N) is 3. The van der Waals surface area contributed by atoms with Crippen LogP contribution in [-0.2, 0) is 11.3 Å². The molecule has 0 spiro atoms. The van der Waals surface area contributed by atoms with Gasteiger partial charge in [-0.25, -0.2) is 4.98 Å². The third kappa shape index (κ3) is 3.10. The average molecular weight is 360 g/mol. The van der Waals surface area contributed by atoms with Crippen LogP contribution in [0.2, 0.25) is 0 Å². The minimum Gasteiger partial charge on any atom is -0.326 e. The highest BCUT2D eigenvalue weighted by molar-refractivity contribution is 5.90. The van der Waals surface area contributed by atoms with Crippen LogP contribution in [0, 0.1) is 13.8 Å². The molecule has 0 unspecified atom stereocenters. The summed E-state index contributed by atoms with van der Waals surface area (Å²) in [6.07, 6.45) is 3.69. The number of carbonyl (C=O) groups excluding carboxylic acids is 1. The van der Waals surface area contributed by atoms with Gasteiger partial charge in [0.25, 0.3) is 5.56 Å². The van der Waals surface area contributed by atoms with Gasteiger partial charge < -0.3 is 9.72 Å². The fourth-order valence-electron chi connectivity index (χ4n) is 3.25. The average Bonchev–Trinajstić information content (AvgIpc) is 3.15. The quantitative estimate of drug-likeness (QED) is 0.607. The second-order valence-electron chi connectivity index (χ2n) is 6.66. The highest BCUT2D eigenvalue weighted by atomic mass is 16.2. The number of nitrogens with one attached hydrogen (secondary N) is 1. The van der Waals surface area contributed by atoms with E-state index in [-0.39, 0.29) is 24.4 Å². The Morgan fingerprint density at radius 3 is 2.70 bits per heavy atom. The number of aromatic nitrogens is 3. The van der Waals surface area contributed by atoms with Crippen LogP contribution in [0.3, 0.4) is 0 Å². The van der Waals surface area contributed by atoms with Crippen LogP contribution < -0.4 is 10.9 Å². The Morgan fingerprint density at radius 1 is 1.07 bits per heavy atom. The molecule has 3 heterocycles. The number of carbonyl (C=O) groups is 1. The lowest BCUT2D eigenvalue weighted by atomic mass is 10.1. The monoisotopic (exact) mass is 360 g/mol. The van der Waals surface area contributed by atoms with Crippen LogP contribution in [0.1, 0.15) is 17.5 Å². The topological polar surface area (TPSA) is 68.4 Å². The van der Waals surface area contributed by atoms with Gasteiger partial charge in [-0.2, -0.15) is 0 Å². The zero-order valence-electron chi connectivity index (χ0n) is 15.3. The van der Waals surface area contributed by atoms with Crippen LogP contribution in [0.5, 0.6) is 0 Å². The van der Waals surface area contributed by atoms with Gasteiger partial charge in [-0.05, 0) is 61.4 Å². The molecule has 0 saturated carbocycles. The maximum absolute atomic E-state index is 12.8. The van der Waals surface area contributed by atoms with Crippen LogP contribution in [0.25, 0.3) is 16.7 Å². The van der Waals surface area contributed by atoms with Crippen molar-refractivity contribution in [3.63, 3.8) is 0 Å². The smallest absolute Gasteiger partial charge is 0.276 e. The van der Waals surface area contributed by atoms with Gasteiger partial charge in [-0.15, -0.1) is 0 Å². The standard InChI is InChI=1S/C21H20N4O2/c1-14-7-8-16(13-15(14)2)23-19(26)9-12-25-20-17(5-3-10-22-20)24-11-4-6-18(24)21(25)27/h3-8,10-11,13H,9,12H2,1-2H3,(H,23,26). The number of hydrogen-bond acceptors (Lipinski definition) is 3. The van der Waals surface area contributed by atoms with Crippen molar-refractivity contribution in [1.29, 1.82) is 0 Å². The summed E-state index contributed by atoms with van der Waals surface area (Å²) in [7, 11) is 0. The van der Waals surface area contributed by atoms with Crippen molar-refractivity contribution in [2.24, 2.45) is 0 Å². The Kier molecular flexibility index (Phi) is 4.24. The molecule has 3 aromatic heterocycles. The van der Waals surface area contributed by atoms with E-state index in [4.69, 9.17) is 0 Å². The first kappa shape index (κ1) is 17.0. The molecule has 4 rings (SSSR count). The first-order valence-electron chi connectivity index (χ1n) is 8.86. The van der Waals surface area contributed by atoms with Crippen LogP contribution in [0.15, 0.2) is 59.7 Å². The van der Waals surface area contributed by atoms with Crippen LogP contribution in [-0.4, -0.2) is 19.9 Å². The number of fused-ring (bicyclic) bond motifs is 3. The predicted octanol–water partition coefficient (Wildman–Crippen LogP) is 3.29. The zero-order chi connectivity index (χ0) is 19.0. The maximum Gasteiger partial charge on any atom is 0.276 e. The maximum atomic E-state index is 12.8. The summed E-state index contributed by atoms with van der Waals surface area (Å²) in [4.78, 5) is 29.6. The molecule has 0 radical (unpaired) electrons. The van der Waals surface area contributed by atoms with Crippen molar-refractivity contribution in [1.82, 2.24) is 14.0 Å². The lowest BCUT2D eigenvalue weighted by Gasteiger charge is -2.12. The first-order chi connectivity index (χ1) is 13.0. The molecule has 0 aliphatic rings. The Balaban J connectivity index is 1.61. The van der Waals surface area contributed by atoms with E-state index in [2.05, 4.69) is 10.3 Å². The predicted molar refractivity (Wildman–Crippen MR) is 106 cm³/mol. The van der Waals surface area contributed by atoms with E-state index < -0.39 is 0 Å². The SMILES string of the molecule is Cc1ccc(NC(=O)CCn2c(=O)c3cccn3c3cccnc32)cc1C. The van der Waals surface area contributed by atoms with Gasteiger partial charge in [-0.3, -0.25) is 14.2 Å². The molecule has 0 aliphatic carbocycles. The normalized spacial score (nSPS) is 11.2. The van der Waals surface area contributed by atoms with Crippen LogP contribution >= 0.6 is 0 Å². The van der Waals surface area contributed by atoms with Crippen molar-refractivity contribution < 1.29 is 4.79 Å². The number of hydrogen-bond donors (Lipinski definition) is 1. The van der Waals surface area contributed by atoms with E-state index in [1.54, 1.807) is 16.8 Å².